The lowest BCUT2D eigenvalue weighted by Crippen LogP contribution is -1.89. The normalized spacial score (nSPS) is 10.6. The van der Waals surface area contributed by atoms with E-state index in [0.717, 1.165) is 16.1 Å². The molecule has 0 radical (unpaired) electrons. The number of rotatable bonds is 2. The number of thiazole rings is 1. The summed E-state index contributed by atoms with van der Waals surface area (Å²) in [6.07, 6.45) is 0. The van der Waals surface area contributed by atoms with Crippen LogP contribution in [-0.4, -0.2) is 12.1 Å². The predicted octanol–water partition coefficient (Wildman–Crippen LogP) is 4.02. The van der Waals surface area contributed by atoms with Crippen molar-refractivity contribution in [1.82, 2.24) is 4.98 Å². The van der Waals surface area contributed by atoms with Crippen LogP contribution in [0.15, 0.2) is 12.1 Å². The Hall–Kier alpha value is -0.970. The topological polar surface area (TPSA) is 48.1 Å². The van der Waals surface area contributed by atoms with Gasteiger partial charge in [0, 0.05) is 16.5 Å². The van der Waals surface area contributed by atoms with Gasteiger partial charge in [0.15, 0.2) is 5.13 Å². The molecule has 0 unspecified atom stereocenters. The molecule has 0 aliphatic carbocycles. The minimum atomic E-state index is 0.498. The number of nitrogens with two attached hydrogens (primary N) is 1. The molecule has 0 bridgehead atoms. The van der Waals surface area contributed by atoms with Crippen molar-refractivity contribution in [3.8, 4) is 17.0 Å². The number of hydrogen-bond donors (Lipinski definition) is 1. The van der Waals surface area contributed by atoms with Crippen molar-refractivity contribution in [3.63, 3.8) is 0 Å². The number of methoxy groups -OCH3 is 1. The summed E-state index contributed by atoms with van der Waals surface area (Å²) in [7, 11) is 1.54. The van der Waals surface area contributed by atoms with Gasteiger partial charge < -0.3 is 10.5 Å². The summed E-state index contributed by atoms with van der Waals surface area (Å²) in [5, 5.41) is 1.55. The molecule has 2 aromatic rings. The Labute approximate surface area is 113 Å². The molecule has 0 aliphatic heterocycles. The number of anilines is 1. The van der Waals surface area contributed by atoms with E-state index in [1.807, 2.05) is 6.92 Å². The van der Waals surface area contributed by atoms with Crippen molar-refractivity contribution in [2.75, 3.05) is 12.8 Å². The molecule has 90 valence electrons. The molecule has 1 aromatic heterocycles. The van der Waals surface area contributed by atoms with Crippen molar-refractivity contribution < 1.29 is 4.74 Å². The summed E-state index contributed by atoms with van der Waals surface area (Å²) < 4.78 is 5.09. The van der Waals surface area contributed by atoms with Gasteiger partial charge >= 0.3 is 0 Å². The van der Waals surface area contributed by atoms with E-state index in [2.05, 4.69) is 4.98 Å². The third-order valence-electron chi connectivity index (χ3n) is 2.31. The first-order chi connectivity index (χ1) is 8.02. The molecule has 0 spiro atoms. The largest absolute Gasteiger partial charge is 0.495 e. The molecule has 0 saturated carbocycles. The van der Waals surface area contributed by atoms with E-state index < -0.39 is 0 Å². The second-order valence-corrected chi connectivity index (χ2v) is 5.47. The number of halogens is 2. The average molecular weight is 289 g/mol. The highest BCUT2D eigenvalue weighted by molar-refractivity contribution is 7.15. The van der Waals surface area contributed by atoms with Crippen LogP contribution in [0.2, 0.25) is 10.0 Å². The fraction of sp³-hybridized carbons (Fsp3) is 0.182. The quantitative estimate of drug-likeness (QED) is 0.908. The highest BCUT2D eigenvalue weighted by Crippen LogP contribution is 2.39. The number of ether oxygens (including phenoxy) is 1. The van der Waals surface area contributed by atoms with Crippen molar-refractivity contribution >= 4 is 39.7 Å². The maximum atomic E-state index is 6.18. The number of benzene rings is 1. The van der Waals surface area contributed by atoms with Crippen LogP contribution in [0.25, 0.3) is 11.3 Å². The fourth-order valence-corrected chi connectivity index (χ4v) is 2.72. The zero-order chi connectivity index (χ0) is 12.6. The fourth-order valence-electron chi connectivity index (χ4n) is 1.53. The zero-order valence-corrected chi connectivity index (χ0v) is 11.6. The van der Waals surface area contributed by atoms with Crippen molar-refractivity contribution in [2.24, 2.45) is 0 Å². The van der Waals surface area contributed by atoms with Crippen LogP contribution in [0.4, 0.5) is 5.13 Å². The molecular formula is C11H10Cl2N2OS. The highest BCUT2D eigenvalue weighted by Gasteiger charge is 2.14. The molecule has 2 N–H and O–H groups in total. The van der Waals surface area contributed by atoms with Crippen LogP contribution < -0.4 is 10.5 Å². The van der Waals surface area contributed by atoms with Gasteiger partial charge in [-0.15, -0.1) is 11.3 Å². The van der Waals surface area contributed by atoms with Crippen LogP contribution in [0.1, 0.15) is 4.88 Å². The van der Waals surface area contributed by atoms with Gasteiger partial charge in [0.2, 0.25) is 0 Å². The minimum absolute atomic E-state index is 0.498. The van der Waals surface area contributed by atoms with E-state index in [4.69, 9.17) is 33.7 Å². The Kier molecular flexibility index (Phi) is 3.47. The molecule has 17 heavy (non-hydrogen) atoms. The van der Waals surface area contributed by atoms with Gasteiger partial charge in [-0.25, -0.2) is 4.98 Å². The van der Waals surface area contributed by atoms with Gasteiger partial charge in [0.1, 0.15) is 5.75 Å². The second kappa shape index (κ2) is 4.72. The molecule has 0 atom stereocenters. The number of aromatic nitrogens is 1. The van der Waals surface area contributed by atoms with Crippen molar-refractivity contribution in [3.05, 3.63) is 27.1 Å². The summed E-state index contributed by atoms with van der Waals surface area (Å²) in [5.74, 6) is 0.543. The maximum absolute atomic E-state index is 6.18. The minimum Gasteiger partial charge on any atom is -0.495 e. The zero-order valence-electron chi connectivity index (χ0n) is 9.25. The van der Waals surface area contributed by atoms with E-state index in [9.17, 15) is 0 Å². The number of aryl methyl sites for hydroxylation is 1. The molecule has 0 aliphatic rings. The van der Waals surface area contributed by atoms with E-state index >= 15 is 0 Å². The van der Waals surface area contributed by atoms with Gasteiger partial charge in [-0.2, -0.15) is 0 Å². The van der Waals surface area contributed by atoms with E-state index in [1.165, 1.54) is 11.3 Å². The van der Waals surface area contributed by atoms with Gasteiger partial charge in [-0.05, 0) is 13.0 Å². The molecular weight excluding hydrogens is 279 g/mol. The Balaban J connectivity index is 2.60. The van der Waals surface area contributed by atoms with Gasteiger partial charge in [0.05, 0.1) is 22.8 Å². The molecule has 1 aromatic carbocycles. The third kappa shape index (κ3) is 2.34. The Morgan fingerprint density at radius 3 is 2.53 bits per heavy atom. The van der Waals surface area contributed by atoms with Crippen molar-refractivity contribution in [1.29, 1.82) is 0 Å². The monoisotopic (exact) mass is 288 g/mol. The Morgan fingerprint density at radius 1 is 1.29 bits per heavy atom. The molecule has 0 amide bonds. The summed E-state index contributed by atoms with van der Waals surface area (Å²) in [6.45, 7) is 1.94. The van der Waals surface area contributed by atoms with Crippen LogP contribution in [-0.2, 0) is 0 Å². The number of nitrogen functional groups attached to an aromatic ring is 1. The average Bonchev–Trinajstić information content (AvgIpc) is 2.60. The summed E-state index contributed by atoms with van der Waals surface area (Å²) in [4.78, 5) is 5.26. The van der Waals surface area contributed by atoms with Gasteiger partial charge in [-0.3, -0.25) is 0 Å². The smallest absolute Gasteiger partial charge is 0.180 e. The van der Waals surface area contributed by atoms with E-state index in [-0.39, 0.29) is 0 Å². The van der Waals surface area contributed by atoms with Gasteiger partial charge in [0.25, 0.3) is 0 Å². The highest BCUT2D eigenvalue weighted by atomic mass is 35.5. The molecule has 0 fully saturated rings. The molecule has 0 saturated heterocycles. The summed E-state index contributed by atoms with van der Waals surface area (Å²) in [6, 6.07) is 3.42. The lowest BCUT2D eigenvalue weighted by Gasteiger charge is -2.07. The second-order valence-electron chi connectivity index (χ2n) is 3.42. The molecule has 1 heterocycles. The summed E-state index contributed by atoms with van der Waals surface area (Å²) >= 11 is 13.7. The van der Waals surface area contributed by atoms with Crippen LogP contribution >= 0.6 is 34.5 Å². The van der Waals surface area contributed by atoms with E-state index in [0.29, 0.717) is 20.9 Å². The molecule has 6 heteroatoms. The number of nitrogens with zero attached hydrogens (tertiary/aromatic N) is 1. The first-order valence-corrected chi connectivity index (χ1v) is 6.36. The third-order valence-corrected chi connectivity index (χ3v) is 3.72. The maximum Gasteiger partial charge on any atom is 0.180 e. The van der Waals surface area contributed by atoms with Crippen LogP contribution in [0.3, 0.4) is 0 Å². The van der Waals surface area contributed by atoms with Gasteiger partial charge in [-0.1, -0.05) is 23.2 Å². The number of hydrogen-bond acceptors (Lipinski definition) is 4. The van der Waals surface area contributed by atoms with Crippen LogP contribution in [0.5, 0.6) is 5.75 Å². The Bertz CT molecular complexity index is 569. The summed E-state index contributed by atoms with van der Waals surface area (Å²) in [5.41, 5.74) is 7.20. The standard InChI is InChI=1S/C11H10Cl2N2OS/c1-5-10(15-11(14)17-5)6-3-8(13)9(16-2)4-7(6)12/h3-4H,1-2H3,(H2,14,15). The lowest BCUT2D eigenvalue weighted by atomic mass is 10.1. The Morgan fingerprint density at radius 2 is 2.00 bits per heavy atom. The molecule has 2 rings (SSSR count). The SMILES string of the molecule is COc1cc(Cl)c(-c2nc(N)sc2C)cc1Cl. The first-order valence-electron chi connectivity index (χ1n) is 4.79. The predicted molar refractivity (Wildman–Crippen MR) is 73.3 cm³/mol. The van der Waals surface area contributed by atoms with Crippen molar-refractivity contribution in [2.45, 2.75) is 6.92 Å². The van der Waals surface area contributed by atoms with Crippen LogP contribution in [0, 0.1) is 6.92 Å². The lowest BCUT2D eigenvalue weighted by molar-refractivity contribution is 0.415. The molecule has 3 nitrogen and oxygen atoms in total. The first kappa shape index (κ1) is 12.5. The van der Waals surface area contributed by atoms with E-state index in [1.54, 1.807) is 19.2 Å².